The molecule has 3 nitrogen and oxygen atoms in total. The Morgan fingerprint density at radius 3 is 2.56 bits per heavy atom. The minimum atomic E-state index is -4.35. The van der Waals surface area contributed by atoms with E-state index in [-0.39, 0.29) is 11.8 Å². The number of benzene rings is 1. The second-order valence-corrected chi connectivity index (χ2v) is 7.09. The molecule has 2 aromatic rings. The number of halogens is 3. The molecular formula is C21H27F3N2O. The largest absolute Gasteiger partial charge is 0.416 e. The Morgan fingerprint density at radius 2 is 1.93 bits per heavy atom. The topological polar surface area (TPSA) is 25.2 Å². The van der Waals surface area contributed by atoms with Crippen molar-refractivity contribution < 1.29 is 18.0 Å². The first-order valence-corrected chi connectivity index (χ1v) is 9.31. The zero-order valence-corrected chi connectivity index (χ0v) is 16.1. The Hall–Kier alpha value is -2.24. The third kappa shape index (κ3) is 5.88. The molecule has 0 unspecified atom stereocenters. The first-order chi connectivity index (χ1) is 12.7. The van der Waals surface area contributed by atoms with Gasteiger partial charge in [-0.2, -0.15) is 13.2 Å². The summed E-state index contributed by atoms with van der Waals surface area (Å²) in [5, 5.41) is 0. The molecule has 6 heteroatoms. The second-order valence-electron chi connectivity index (χ2n) is 7.09. The van der Waals surface area contributed by atoms with Gasteiger partial charge in [-0.15, -0.1) is 0 Å². The summed E-state index contributed by atoms with van der Waals surface area (Å²) >= 11 is 0. The summed E-state index contributed by atoms with van der Waals surface area (Å²) in [7, 11) is 0. The standard InChI is InChI=1S/C21H27F3N2O/c1-4-5-11-26(20(27)16(2)3)15-19-10-7-12-25(19)14-17-8-6-9-18(13-17)21(22,23)24/h6-10,12-13,16H,4-5,11,14-15H2,1-3H3. The highest BCUT2D eigenvalue weighted by Crippen LogP contribution is 2.29. The van der Waals surface area contributed by atoms with Crippen molar-refractivity contribution in [2.45, 2.75) is 52.9 Å². The van der Waals surface area contributed by atoms with Crippen LogP contribution in [0, 0.1) is 5.92 Å². The van der Waals surface area contributed by atoms with Crippen LogP contribution in [-0.2, 0) is 24.1 Å². The number of carbonyl (C=O) groups excluding carboxylic acids is 1. The third-order valence-electron chi connectivity index (χ3n) is 4.47. The molecule has 0 radical (unpaired) electrons. The van der Waals surface area contributed by atoms with Crippen LogP contribution in [0.2, 0.25) is 0 Å². The summed E-state index contributed by atoms with van der Waals surface area (Å²) < 4.78 is 40.7. The van der Waals surface area contributed by atoms with Crippen LogP contribution in [0.4, 0.5) is 13.2 Å². The van der Waals surface area contributed by atoms with Crippen molar-refractivity contribution >= 4 is 5.91 Å². The van der Waals surface area contributed by atoms with Gasteiger partial charge in [0.15, 0.2) is 0 Å². The van der Waals surface area contributed by atoms with Gasteiger partial charge in [0.2, 0.25) is 5.91 Å². The zero-order valence-electron chi connectivity index (χ0n) is 16.1. The molecule has 148 valence electrons. The number of hydrogen-bond donors (Lipinski definition) is 0. The van der Waals surface area contributed by atoms with E-state index in [1.165, 1.54) is 12.1 Å². The third-order valence-corrected chi connectivity index (χ3v) is 4.47. The lowest BCUT2D eigenvalue weighted by Crippen LogP contribution is -2.35. The summed E-state index contributed by atoms with van der Waals surface area (Å²) in [5.41, 5.74) is 0.850. The number of amides is 1. The molecule has 0 aliphatic heterocycles. The molecule has 0 saturated heterocycles. The van der Waals surface area contributed by atoms with Crippen molar-refractivity contribution in [2.75, 3.05) is 6.54 Å². The zero-order chi connectivity index (χ0) is 20.0. The average Bonchev–Trinajstić information content (AvgIpc) is 3.04. The number of rotatable bonds is 8. The van der Waals surface area contributed by atoms with Crippen LogP contribution in [0.15, 0.2) is 42.6 Å². The molecule has 0 spiro atoms. The lowest BCUT2D eigenvalue weighted by atomic mass is 10.1. The Morgan fingerprint density at radius 1 is 1.19 bits per heavy atom. The SMILES string of the molecule is CCCCN(Cc1cccn1Cc1cccc(C(F)(F)F)c1)C(=O)C(C)C. The van der Waals surface area contributed by atoms with Gasteiger partial charge in [-0.05, 0) is 36.2 Å². The molecule has 0 aliphatic rings. The highest BCUT2D eigenvalue weighted by molar-refractivity contribution is 5.78. The fourth-order valence-corrected chi connectivity index (χ4v) is 2.97. The Labute approximate surface area is 158 Å². The molecule has 0 aliphatic carbocycles. The van der Waals surface area contributed by atoms with Crippen LogP contribution < -0.4 is 0 Å². The van der Waals surface area contributed by atoms with Crippen LogP contribution in [0.25, 0.3) is 0 Å². The van der Waals surface area contributed by atoms with Crippen molar-refractivity contribution in [3.63, 3.8) is 0 Å². The lowest BCUT2D eigenvalue weighted by molar-refractivity contribution is -0.137. The predicted octanol–water partition coefficient (Wildman–Crippen LogP) is 5.34. The highest BCUT2D eigenvalue weighted by atomic mass is 19.4. The number of hydrogen-bond acceptors (Lipinski definition) is 1. The number of nitrogens with zero attached hydrogens (tertiary/aromatic N) is 2. The fourth-order valence-electron chi connectivity index (χ4n) is 2.97. The quantitative estimate of drug-likeness (QED) is 0.607. The summed E-state index contributed by atoms with van der Waals surface area (Å²) in [5.74, 6) is 0.00371. The van der Waals surface area contributed by atoms with E-state index in [0.29, 0.717) is 25.2 Å². The van der Waals surface area contributed by atoms with Crippen LogP contribution in [0.1, 0.15) is 50.4 Å². The van der Waals surface area contributed by atoms with E-state index >= 15 is 0 Å². The number of alkyl halides is 3. The molecule has 1 amide bonds. The molecule has 0 saturated carbocycles. The maximum Gasteiger partial charge on any atom is 0.416 e. The Bertz CT molecular complexity index is 750. The molecule has 1 aromatic heterocycles. The van der Waals surface area contributed by atoms with E-state index < -0.39 is 11.7 Å². The van der Waals surface area contributed by atoms with Gasteiger partial charge in [0.25, 0.3) is 0 Å². The van der Waals surface area contributed by atoms with Gasteiger partial charge >= 0.3 is 6.18 Å². The molecule has 0 N–H and O–H groups in total. The minimum Gasteiger partial charge on any atom is -0.345 e. The van der Waals surface area contributed by atoms with Gasteiger partial charge in [-0.25, -0.2) is 0 Å². The maximum absolute atomic E-state index is 12.9. The smallest absolute Gasteiger partial charge is 0.345 e. The molecule has 0 atom stereocenters. The Kier molecular flexibility index (Phi) is 7.11. The fraction of sp³-hybridized carbons (Fsp3) is 0.476. The van der Waals surface area contributed by atoms with E-state index in [1.54, 1.807) is 6.07 Å². The molecule has 2 rings (SSSR count). The molecular weight excluding hydrogens is 353 g/mol. The highest BCUT2D eigenvalue weighted by Gasteiger charge is 2.30. The van der Waals surface area contributed by atoms with E-state index in [4.69, 9.17) is 0 Å². The van der Waals surface area contributed by atoms with Crippen molar-refractivity contribution in [1.82, 2.24) is 9.47 Å². The normalized spacial score (nSPS) is 11.8. The molecule has 1 heterocycles. The molecule has 1 aromatic carbocycles. The maximum atomic E-state index is 12.9. The first kappa shape index (κ1) is 21.1. The van der Waals surface area contributed by atoms with Crippen LogP contribution in [0.5, 0.6) is 0 Å². The van der Waals surface area contributed by atoms with Crippen LogP contribution in [0.3, 0.4) is 0 Å². The molecule has 0 fully saturated rings. The predicted molar refractivity (Wildman–Crippen MR) is 100 cm³/mol. The number of unbranched alkanes of at least 4 members (excludes halogenated alkanes) is 1. The van der Waals surface area contributed by atoms with Crippen molar-refractivity contribution in [3.05, 3.63) is 59.4 Å². The van der Waals surface area contributed by atoms with E-state index in [9.17, 15) is 18.0 Å². The lowest BCUT2D eigenvalue weighted by Gasteiger charge is -2.25. The van der Waals surface area contributed by atoms with Gasteiger partial charge < -0.3 is 9.47 Å². The van der Waals surface area contributed by atoms with E-state index in [1.807, 2.05) is 41.6 Å². The average molecular weight is 380 g/mol. The summed E-state index contributed by atoms with van der Waals surface area (Å²) in [4.78, 5) is 14.3. The van der Waals surface area contributed by atoms with E-state index in [2.05, 4.69) is 6.92 Å². The van der Waals surface area contributed by atoms with Crippen molar-refractivity contribution in [1.29, 1.82) is 0 Å². The summed E-state index contributed by atoms with van der Waals surface area (Å²) in [6.45, 7) is 7.31. The van der Waals surface area contributed by atoms with Crippen molar-refractivity contribution in [2.24, 2.45) is 5.92 Å². The van der Waals surface area contributed by atoms with E-state index in [0.717, 1.165) is 24.6 Å². The Balaban J connectivity index is 2.18. The molecule has 27 heavy (non-hydrogen) atoms. The van der Waals surface area contributed by atoms with Gasteiger partial charge in [0.05, 0.1) is 12.1 Å². The minimum absolute atomic E-state index is 0.0891. The second kappa shape index (κ2) is 9.11. The summed E-state index contributed by atoms with van der Waals surface area (Å²) in [6.07, 6.45) is -0.594. The van der Waals surface area contributed by atoms with Crippen LogP contribution >= 0.6 is 0 Å². The van der Waals surface area contributed by atoms with Gasteiger partial charge in [0, 0.05) is 30.9 Å². The van der Waals surface area contributed by atoms with Crippen molar-refractivity contribution in [3.8, 4) is 0 Å². The van der Waals surface area contributed by atoms with Gasteiger partial charge in [-0.3, -0.25) is 4.79 Å². The monoisotopic (exact) mass is 380 g/mol. The van der Waals surface area contributed by atoms with Crippen LogP contribution in [-0.4, -0.2) is 21.9 Å². The number of carbonyl (C=O) groups is 1. The van der Waals surface area contributed by atoms with Gasteiger partial charge in [0.1, 0.15) is 0 Å². The first-order valence-electron chi connectivity index (χ1n) is 9.31. The van der Waals surface area contributed by atoms with Gasteiger partial charge in [-0.1, -0.05) is 39.3 Å². The summed E-state index contributed by atoms with van der Waals surface area (Å²) in [6, 6.07) is 9.15. The molecule has 0 bridgehead atoms. The number of aromatic nitrogens is 1.